The molecule has 1 saturated heterocycles. The van der Waals surface area contributed by atoms with Crippen LogP contribution < -0.4 is 5.32 Å². The molecule has 1 aliphatic rings. The fourth-order valence-corrected chi connectivity index (χ4v) is 3.07. The minimum atomic E-state index is -0.125. The maximum Gasteiger partial charge on any atom is 0.263 e. The maximum absolute atomic E-state index is 12.1. The van der Waals surface area contributed by atoms with E-state index in [0.29, 0.717) is 17.8 Å². The van der Waals surface area contributed by atoms with Crippen LogP contribution in [0.5, 0.6) is 0 Å². The number of carbonyl (C=O) groups is 2. The molecule has 6 heteroatoms. The van der Waals surface area contributed by atoms with Crippen molar-refractivity contribution in [2.24, 2.45) is 5.41 Å². The Balaban J connectivity index is 1.94. The van der Waals surface area contributed by atoms with Crippen molar-refractivity contribution in [3.05, 3.63) is 16.1 Å². The molecule has 1 fully saturated rings. The molecule has 0 bridgehead atoms. The molecule has 5 nitrogen and oxygen atoms in total. The first-order valence-corrected chi connectivity index (χ1v) is 7.63. The monoisotopic (exact) mass is 295 g/mol. The molecule has 1 aliphatic heterocycles. The van der Waals surface area contributed by atoms with Crippen LogP contribution in [-0.2, 0) is 4.79 Å². The molecule has 2 amide bonds. The second kappa shape index (κ2) is 5.52. The summed E-state index contributed by atoms with van der Waals surface area (Å²) in [5, 5.41) is 2.94. The summed E-state index contributed by atoms with van der Waals surface area (Å²) in [5.41, 5.74) is 2.47. The number of likely N-dealkylation sites (tertiary alicyclic amines) is 1. The Labute approximate surface area is 123 Å². The quantitative estimate of drug-likeness (QED) is 0.925. The van der Waals surface area contributed by atoms with Crippen LogP contribution >= 0.6 is 11.3 Å². The van der Waals surface area contributed by atoms with E-state index in [4.69, 9.17) is 0 Å². The van der Waals surface area contributed by atoms with Gasteiger partial charge in [0.05, 0.1) is 17.2 Å². The van der Waals surface area contributed by atoms with Crippen molar-refractivity contribution >= 4 is 23.2 Å². The van der Waals surface area contributed by atoms with E-state index in [0.717, 1.165) is 12.2 Å². The minimum Gasteiger partial charge on any atom is -0.346 e. The third-order valence-corrected chi connectivity index (χ3v) is 4.09. The summed E-state index contributed by atoms with van der Waals surface area (Å²) in [5.74, 6) is -0.00772. The number of nitrogens with one attached hydrogen (secondary N) is 1. The molecule has 1 atom stereocenters. The fraction of sp³-hybridized carbons (Fsp3) is 0.643. The molecule has 0 saturated carbocycles. The zero-order valence-corrected chi connectivity index (χ0v) is 13.2. The van der Waals surface area contributed by atoms with Gasteiger partial charge in [0.15, 0.2) is 0 Å². The number of amides is 2. The van der Waals surface area contributed by atoms with Crippen LogP contribution in [0.1, 0.15) is 42.6 Å². The van der Waals surface area contributed by atoms with E-state index in [1.807, 2.05) is 11.8 Å². The Morgan fingerprint density at radius 1 is 1.55 bits per heavy atom. The highest BCUT2D eigenvalue weighted by molar-refractivity contribution is 7.11. The van der Waals surface area contributed by atoms with Gasteiger partial charge in [-0.05, 0) is 12.3 Å². The van der Waals surface area contributed by atoms with Crippen LogP contribution in [-0.4, -0.2) is 40.8 Å². The van der Waals surface area contributed by atoms with Crippen LogP contribution in [0.4, 0.5) is 0 Å². The van der Waals surface area contributed by atoms with Crippen molar-refractivity contribution in [3.8, 4) is 0 Å². The Morgan fingerprint density at radius 2 is 2.25 bits per heavy atom. The molecule has 0 spiro atoms. The summed E-state index contributed by atoms with van der Waals surface area (Å²) in [7, 11) is 0. The minimum absolute atomic E-state index is 0.0722. The number of thiazole rings is 1. The summed E-state index contributed by atoms with van der Waals surface area (Å²) in [6.45, 7) is 9.45. The van der Waals surface area contributed by atoms with Crippen LogP contribution in [0.25, 0.3) is 0 Å². The SMILES string of the molecule is Cc1ncsc1C(=O)N[C@H]1CC(=O)N(CC(C)(C)C)C1. The zero-order chi connectivity index (χ0) is 14.9. The third kappa shape index (κ3) is 3.56. The highest BCUT2D eigenvalue weighted by Crippen LogP contribution is 2.21. The molecule has 1 aromatic heterocycles. The second-order valence-electron chi connectivity index (χ2n) is 6.48. The molecule has 1 aromatic rings. The summed E-state index contributed by atoms with van der Waals surface area (Å²) in [4.78, 5) is 30.6. The van der Waals surface area contributed by atoms with E-state index >= 15 is 0 Å². The number of aryl methyl sites for hydroxylation is 1. The average molecular weight is 295 g/mol. The van der Waals surface area contributed by atoms with Gasteiger partial charge in [-0.15, -0.1) is 11.3 Å². The van der Waals surface area contributed by atoms with Crippen molar-refractivity contribution in [1.29, 1.82) is 0 Å². The van der Waals surface area contributed by atoms with Crippen LogP contribution in [0.15, 0.2) is 5.51 Å². The summed E-state index contributed by atoms with van der Waals surface area (Å²) in [6, 6.07) is -0.0983. The highest BCUT2D eigenvalue weighted by Gasteiger charge is 2.33. The molecule has 1 N–H and O–H groups in total. The van der Waals surface area contributed by atoms with Crippen molar-refractivity contribution < 1.29 is 9.59 Å². The molecule has 0 radical (unpaired) electrons. The Morgan fingerprint density at radius 3 is 2.80 bits per heavy atom. The van der Waals surface area contributed by atoms with Gasteiger partial charge >= 0.3 is 0 Å². The second-order valence-corrected chi connectivity index (χ2v) is 7.33. The maximum atomic E-state index is 12.1. The first kappa shape index (κ1) is 15.0. The highest BCUT2D eigenvalue weighted by atomic mass is 32.1. The van der Waals surface area contributed by atoms with E-state index in [1.165, 1.54) is 11.3 Å². The lowest BCUT2D eigenvalue weighted by atomic mass is 9.96. The lowest BCUT2D eigenvalue weighted by molar-refractivity contribution is -0.128. The van der Waals surface area contributed by atoms with E-state index in [2.05, 4.69) is 31.1 Å². The van der Waals surface area contributed by atoms with Crippen LogP contribution in [0.2, 0.25) is 0 Å². The normalized spacial score (nSPS) is 19.5. The van der Waals surface area contributed by atoms with Crippen molar-refractivity contribution in [1.82, 2.24) is 15.2 Å². The van der Waals surface area contributed by atoms with Gasteiger partial charge in [-0.3, -0.25) is 9.59 Å². The van der Waals surface area contributed by atoms with E-state index in [9.17, 15) is 9.59 Å². The number of carbonyl (C=O) groups excluding carboxylic acids is 2. The number of aromatic nitrogens is 1. The van der Waals surface area contributed by atoms with Crippen LogP contribution in [0, 0.1) is 12.3 Å². The number of hydrogen-bond donors (Lipinski definition) is 1. The van der Waals surface area contributed by atoms with E-state index in [-0.39, 0.29) is 23.3 Å². The molecule has 0 aromatic carbocycles. The van der Waals surface area contributed by atoms with Gasteiger partial charge < -0.3 is 10.2 Å². The third-order valence-electron chi connectivity index (χ3n) is 3.17. The topological polar surface area (TPSA) is 62.3 Å². The number of hydrogen-bond acceptors (Lipinski definition) is 4. The summed E-state index contributed by atoms with van der Waals surface area (Å²) < 4.78 is 0. The van der Waals surface area contributed by atoms with Crippen molar-refractivity contribution in [2.75, 3.05) is 13.1 Å². The molecular formula is C14H21N3O2S. The summed E-state index contributed by atoms with van der Waals surface area (Å²) >= 11 is 1.33. The molecule has 0 aliphatic carbocycles. The smallest absolute Gasteiger partial charge is 0.263 e. The lowest BCUT2D eigenvalue weighted by Gasteiger charge is -2.26. The van der Waals surface area contributed by atoms with Gasteiger partial charge in [0, 0.05) is 19.5 Å². The van der Waals surface area contributed by atoms with E-state index < -0.39 is 0 Å². The van der Waals surface area contributed by atoms with Crippen LogP contribution in [0.3, 0.4) is 0 Å². The van der Waals surface area contributed by atoms with Gasteiger partial charge in [0.25, 0.3) is 5.91 Å². The Hall–Kier alpha value is -1.43. The van der Waals surface area contributed by atoms with Gasteiger partial charge in [-0.25, -0.2) is 4.98 Å². The number of nitrogens with zero attached hydrogens (tertiary/aromatic N) is 2. The number of rotatable bonds is 3. The molecule has 0 unspecified atom stereocenters. The zero-order valence-electron chi connectivity index (χ0n) is 12.4. The largest absolute Gasteiger partial charge is 0.346 e. The Kier molecular flexibility index (Phi) is 4.13. The summed E-state index contributed by atoms with van der Waals surface area (Å²) in [6.07, 6.45) is 0.389. The molecular weight excluding hydrogens is 274 g/mol. The molecule has 2 rings (SSSR count). The van der Waals surface area contributed by atoms with Gasteiger partial charge in [0.2, 0.25) is 5.91 Å². The van der Waals surface area contributed by atoms with Gasteiger partial charge in [-0.2, -0.15) is 0 Å². The fourth-order valence-electron chi connectivity index (χ4n) is 2.37. The van der Waals surface area contributed by atoms with Crippen molar-refractivity contribution in [2.45, 2.75) is 40.2 Å². The van der Waals surface area contributed by atoms with Gasteiger partial charge in [0.1, 0.15) is 4.88 Å². The average Bonchev–Trinajstić information content (AvgIpc) is 2.84. The van der Waals surface area contributed by atoms with E-state index in [1.54, 1.807) is 5.51 Å². The van der Waals surface area contributed by atoms with Crippen molar-refractivity contribution in [3.63, 3.8) is 0 Å². The lowest BCUT2D eigenvalue weighted by Crippen LogP contribution is -2.39. The first-order chi connectivity index (χ1) is 9.26. The predicted octanol–water partition coefficient (Wildman–Crippen LogP) is 1.83. The predicted molar refractivity (Wildman–Crippen MR) is 78.8 cm³/mol. The van der Waals surface area contributed by atoms with Gasteiger partial charge in [-0.1, -0.05) is 20.8 Å². The molecule has 110 valence electrons. The first-order valence-electron chi connectivity index (χ1n) is 6.75. The molecule has 2 heterocycles. The standard InChI is InChI=1S/C14H21N3O2S/c1-9-12(20-8-15-9)13(19)16-10-5-11(18)17(6-10)7-14(2,3)4/h8,10H,5-7H2,1-4H3,(H,16,19)/t10-/m0/s1. The Bertz CT molecular complexity index is 519. The molecule has 20 heavy (non-hydrogen) atoms.